The Morgan fingerprint density at radius 2 is 2.10 bits per heavy atom. The third-order valence-electron chi connectivity index (χ3n) is 4.64. The maximum atomic E-state index is 11.8. The molecular weight excluding hydrogens is 268 g/mol. The number of hydrogen-bond donors (Lipinski definition) is 2. The molecule has 0 bridgehead atoms. The number of hydrogen-bond acceptors (Lipinski definition) is 4. The molecule has 2 aliphatic rings. The molecule has 1 saturated carbocycles. The zero-order valence-electron chi connectivity index (χ0n) is 13.2. The highest BCUT2D eigenvalue weighted by atomic mass is 16.5. The van der Waals surface area contributed by atoms with E-state index in [2.05, 4.69) is 12.2 Å². The fraction of sp³-hybridized carbons (Fsp3) is 0.938. The van der Waals surface area contributed by atoms with E-state index >= 15 is 0 Å². The number of nitrogens with zero attached hydrogens (tertiary/aromatic N) is 1. The van der Waals surface area contributed by atoms with E-state index in [1.165, 1.54) is 19.3 Å². The second-order valence-electron chi connectivity index (χ2n) is 6.55. The van der Waals surface area contributed by atoms with Crippen molar-refractivity contribution in [2.45, 2.75) is 57.7 Å². The van der Waals surface area contributed by atoms with Gasteiger partial charge in [-0.3, -0.25) is 9.69 Å². The molecule has 2 rings (SSSR count). The second-order valence-corrected chi connectivity index (χ2v) is 6.55. The summed E-state index contributed by atoms with van der Waals surface area (Å²) in [5.74, 6) is 0.675. The fourth-order valence-electron chi connectivity index (χ4n) is 3.36. The molecule has 1 aliphatic heterocycles. The number of nitrogens with one attached hydrogen (secondary N) is 1. The lowest BCUT2D eigenvalue weighted by Gasteiger charge is -2.30. The van der Waals surface area contributed by atoms with Gasteiger partial charge in [0, 0.05) is 13.1 Å². The number of likely N-dealkylation sites (tertiary alicyclic amines) is 1. The summed E-state index contributed by atoms with van der Waals surface area (Å²) in [5.41, 5.74) is 0. The van der Waals surface area contributed by atoms with Crippen molar-refractivity contribution in [2.75, 3.05) is 32.8 Å². The first-order chi connectivity index (χ1) is 10.1. The number of rotatable bonds is 6. The number of piperidine rings is 1. The molecule has 122 valence electrons. The van der Waals surface area contributed by atoms with Gasteiger partial charge in [0.1, 0.15) is 0 Å². The lowest BCUT2D eigenvalue weighted by Crippen LogP contribution is -2.44. The average Bonchev–Trinajstić information content (AvgIpc) is 2.45. The summed E-state index contributed by atoms with van der Waals surface area (Å²) in [4.78, 5) is 13.9. The molecule has 5 heteroatoms. The predicted octanol–water partition coefficient (Wildman–Crippen LogP) is 1.15. The van der Waals surface area contributed by atoms with Crippen LogP contribution in [0.5, 0.6) is 0 Å². The molecule has 1 heterocycles. The van der Waals surface area contributed by atoms with Crippen molar-refractivity contribution in [1.29, 1.82) is 0 Å². The number of carbonyl (C=O) groups excluding carboxylic acids is 1. The maximum Gasteiger partial charge on any atom is 0.234 e. The fourth-order valence-corrected chi connectivity index (χ4v) is 3.36. The summed E-state index contributed by atoms with van der Waals surface area (Å²) in [5, 5.41) is 12.5. The van der Waals surface area contributed by atoms with Crippen LogP contribution in [-0.2, 0) is 9.53 Å². The van der Waals surface area contributed by atoms with Gasteiger partial charge in [-0.15, -0.1) is 0 Å². The van der Waals surface area contributed by atoms with Gasteiger partial charge < -0.3 is 15.2 Å². The molecule has 0 aromatic heterocycles. The Morgan fingerprint density at radius 1 is 1.29 bits per heavy atom. The van der Waals surface area contributed by atoms with E-state index in [-0.39, 0.29) is 12.0 Å². The van der Waals surface area contributed by atoms with Gasteiger partial charge in [0.15, 0.2) is 0 Å². The lowest BCUT2D eigenvalue weighted by atomic mass is 9.88. The lowest BCUT2D eigenvalue weighted by molar-refractivity contribution is -0.123. The topological polar surface area (TPSA) is 61.8 Å². The van der Waals surface area contributed by atoms with E-state index in [4.69, 9.17) is 4.74 Å². The van der Waals surface area contributed by atoms with E-state index in [1.807, 2.05) is 4.90 Å². The molecule has 2 fully saturated rings. The molecule has 3 atom stereocenters. The van der Waals surface area contributed by atoms with Gasteiger partial charge in [-0.25, -0.2) is 0 Å². The summed E-state index contributed by atoms with van der Waals surface area (Å²) in [6, 6.07) is 0. The molecule has 0 aromatic carbocycles. The van der Waals surface area contributed by atoms with Crippen LogP contribution in [0.15, 0.2) is 0 Å². The van der Waals surface area contributed by atoms with Crippen molar-refractivity contribution in [3.8, 4) is 0 Å². The van der Waals surface area contributed by atoms with Crippen LogP contribution in [0.4, 0.5) is 0 Å². The van der Waals surface area contributed by atoms with E-state index in [1.54, 1.807) is 0 Å². The van der Waals surface area contributed by atoms with Gasteiger partial charge in [-0.05, 0) is 38.1 Å². The molecule has 1 amide bonds. The van der Waals surface area contributed by atoms with Gasteiger partial charge in [-0.2, -0.15) is 0 Å². The highest BCUT2D eigenvalue weighted by molar-refractivity contribution is 5.77. The number of aliphatic hydroxyl groups excluding tert-OH is 1. The zero-order valence-corrected chi connectivity index (χ0v) is 13.2. The van der Waals surface area contributed by atoms with Crippen LogP contribution in [0.1, 0.15) is 45.4 Å². The molecule has 1 aliphatic carbocycles. The summed E-state index contributed by atoms with van der Waals surface area (Å²) in [6.45, 7) is 5.34. The normalized spacial score (nSPS) is 31.0. The van der Waals surface area contributed by atoms with Gasteiger partial charge in [0.25, 0.3) is 0 Å². The van der Waals surface area contributed by atoms with Crippen LogP contribution >= 0.6 is 0 Å². The molecule has 2 N–H and O–H groups in total. The Bertz CT molecular complexity index is 325. The van der Waals surface area contributed by atoms with Crippen molar-refractivity contribution in [2.24, 2.45) is 5.92 Å². The minimum Gasteiger partial charge on any atom is -0.392 e. The first-order valence-electron chi connectivity index (χ1n) is 8.44. The number of ether oxygens (including phenoxy) is 1. The summed E-state index contributed by atoms with van der Waals surface area (Å²) in [6.07, 6.45) is 6.91. The molecule has 0 aromatic rings. The first-order valence-corrected chi connectivity index (χ1v) is 8.44. The van der Waals surface area contributed by atoms with E-state index in [0.29, 0.717) is 38.3 Å². The van der Waals surface area contributed by atoms with Crippen LogP contribution in [-0.4, -0.2) is 60.9 Å². The largest absolute Gasteiger partial charge is 0.392 e. The van der Waals surface area contributed by atoms with Crippen molar-refractivity contribution in [1.82, 2.24) is 10.2 Å². The smallest absolute Gasteiger partial charge is 0.234 e. The SMILES string of the molecule is CC1CCCCC1OCCNC(=O)CN1CCCC(O)C1. The number of aliphatic hydroxyl groups is 1. The Kier molecular flexibility index (Phi) is 6.93. The third-order valence-corrected chi connectivity index (χ3v) is 4.64. The van der Waals surface area contributed by atoms with Crippen molar-refractivity contribution in [3.63, 3.8) is 0 Å². The molecule has 0 spiro atoms. The Morgan fingerprint density at radius 3 is 2.86 bits per heavy atom. The van der Waals surface area contributed by atoms with Crippen LogP contribution < -0.4 is 5.32 Å². The minimum absolute atomic E-state index is 0.0318. The van der Waals surface area contributed by atoms with Gasteiger partial charge in [0.05, 0.1) is 25.4 Å². The van der Waals surface area contributed by atoms with Crippen LogP contribution in [0.2, 0.25) is 0 Å². The summed E-state index contributed by atoms with van der Waals surface area (Å²) < 4.78 is 5.88. The number of amides is 1. The minimum atomic E-state index is -0.275. The van der Waals surface area contributed by atoms with E-state index < -0.39 is 0 Å². The maximum absolute atomic E-state index is 11.8. The first kappa shape index (κ1) is 16.7. The molecule has 1 saturated heterocycles. The quantitative estimate of drug-likeness (QED) is 0.722. The average molecular weight is 298 g/mol. The molecule has 21 heavy (non-hydrogen) atoms. The Labute approximate surface area is 128 Å². The van der Waals surface area contributed by atoms with Crippen LogP contribution in [0.25, 0.3) is 0 Å². The molecule has 5 nitrogen and oxygen atoms in total. The third kappa shape index (κ3) is 5.93. The van der Waals surface area contributed by atoms with Crippen molar-refractivity contribution in [3.05, 3.63) is 0 Å². The van der Waals surface area contributed by atoms with Crippen LogP contribution in [0, 0.1) is 5.92 Å². The number of carbonyl (C=O) groups is 1. The van der Waals surface area contributed by atoms with Gasteiger partial charge in [-0.1, -0.05) is 19.8 Å². The van der Waals surface area contributed by atoms with E-state index in [0.717, 1.165) is 25.8 Å². The monoisotopic (exact) mass is 298 g/mol. The Balaban J connectivity index is 1.54. The Hall–Kier alpha value is -0.650. The van der Waals surface area contributed by atoms with Crippen molar-refractivity contribution < 1.29 is 14.6 Å². The molecule has 3 unspecified atom stereocenters. The number of β-amino-alcohol motifs (C(OH)–C–C–N with tert-alkyl or cyclic N) is 1. The predicted molar refractivity (Wildman–Crippen MR) is 82.1 cm³/mol. The summed E-state index contributed by atoms with van der Waals surface area (Å²) >= 11 is 0. The van der Waals surface area contributed by atoms with Crippen molar-refractivity contribution >= 4 is 5.91 Å². The van der Waals surface area contributed by atoms with E-state index in [9.17, 15) is 9.90 Å². The zero-order chi connectivity index (χ0) is 15.1. The van der Waals surface area contributed by atoms with Gasteiger partial charge >= 0.3 is 0 Å². The highest BCUT2D eigenvalue weighted by Crippen LogP contribution is 2.25. The van der Waals surface area contributed by atoms with Crippen LogP contribution in [0.3, 0.4) is 0 Å². The standard InChI is InChI=1S/C16H30N2O3/c1-13-5-2-3-7-15(13)21-10-8-17-16(20)12-18-9-4-6-14(19)11-18/h13-15,19H,2-12H2,1H3,(H,17,20). The molecule has 0 radical (unpaired) electrons. The molecular formula is C16H30N2O3. The summed E-state index contributed by atoms with van der Waals surface area (Å²) in [7, 11) is 0. The highest BCUT2D eigenvalue weighted by Gasteiger charge is 2.22. The second kappa shape index (κ2) is 8.71. The van der Waals surface area contributed by atoms with Gasteiger partial charge in [0.2, 0.25) is 5.91 Å².